The van der Waals surface area contributed by atoms with E-state index in [4.69, 9.17) is 16.3 Å². The van der Waals surface area contributed by atoms with Gasteiger partial charge in [0.1, 0.15) is 0 Å². The predicted molar refractivity (Wildman–Crippen MR) is 92.1 cm³/mol. The van der Waals surface area contributed by atoms with Crippen LogP contribution in [0, 0.1) is 0 Å². The lowest BCUT2D eigenvalue weighted by Gasteiger charge is -2.32. The molecule has 0 spiro atoms. The molecule has 0 unspecified atom stereocenters. The maximum Gasteiger partial charge on any atom is 0.409 e. The van der Waals surface area contributed by atoms with Gasteiger partial charge in [0, 0.05) is 24.2 Å². The topological polar surface area (TPSA) is 58.6 Å². The standard InChI is InChI=1S/C18H23ClN2O3/c1-2-24-17(23)21-10-6-15(7-11-21)20-16(22)18(8-9-18)13-4-3-5-14(19)12-13/h3-5,12,15H,2,6-11H2,1H3,(H,20,22). The Morgan fingerprint density at radius 1 is 1.33 bits per heavy atom. The number of nitrogens with zero attached hydrogens (tertiary/aromatic N) is 1. The van der Waals surface area contributed by atoms with Gasteiger partial charge in [0.05, 0.1) is 12.0 Å². The molecule has 6 heteroatoms. The van der Waals surface area contributed by atoms with Crippen molar-refractivity contribution < 1.29 is 14.3 Å². The van der Waals surface area contributed by atoms with Crippen LogP contribution in [0.25, 0.3) is 0 Å². The molecule has 1 aliphatic heterocycles. The first-order valence-electron chi connectivity index (χ1n) is 8.54. The second-order valence-corrected chi connectivity index (χ2v) is 6.96. The maximum absolute atomic E-state index is 12.8. The number of hydrogen-bond donors (Lipinski definition) is 1. The van der Waals surface area contributed by atoms with E-state index in [2.05, 4.69) is 5.32 Å². The third-order valence-electron chi connectivity index (χ3n) is 4.92. The fourth-order valence-corrected chi connectivity index (χ4v) is 3.49. The number of hydrogen-bond acceptors (Lipinski definition) is 3. The molecule has 2 fully saturated rings. The average molecular weight is 351 g/mol. The van der Waals surface area contributed by atoms with Crippen LogP contribution in [0.4, 0.5) is 4.79 Å². The minimum atomic E-state index is -0.414. The van der Waals surface area contributed by atoms with E-state index < -0.39 is 5.41 Å². The van der Waals surface area contributed by atoms with E-state index in [0.717, 1.165) is 31.2 Å². The molecule has 2 aliphatic rings. The Labute approximate surface area is 147 Å². The van der Waals surface area contributed by atoms with Crippen LogP contribution in [0.3, 0.4) is 0 Å². The van der Waals surface area contributed by atoms with Gasteiger partial charge in [-0.2, -0.15) is 0 Å². The smallest absolute Gasteiger partial charge is 0.409 e. The van der Waals surface area contributed by atoms with E-state index >= 15 is 0 Å². The van der Waals surface area contributed by atoms with Gasteiger partial charge in [0.2, 0.25) is 5.91 Å². The van der Waals surface area contributed by atoms with Gasteiger partial charge in [0.25, 0.3) is 0 Å². The van der Waals surface area contributed by atoms with Gasteiger partial charge in [-0.25, -0.2) is 4.79 Å². The third kappa shape index (κ3) is 3.51. The van der Waals surface area contributed by atoms with Crippen molar-refractivity contribution in [3.05, 3.63) is 34.9 Å². The van der Waals surface area contributed by atoms with Crippen molar-refractivity contribution >= 4 is 23.6 Å². The van der Waals surface area contributed by atoms with Gasteiger partial charge in [0.15, 0.2) is 0 Å². The number of amides is 2. The summed E-state index contributed by atoms with van der Waals surface area (Å²) in [5, 5.41) is 3.83. The van der Waals surface area contributed by atoms with Gasteiger partial charge in [-0.1, -0.05) is 23.7 Å². The van der Waals surface area contributed by atoms with E-state index in [0.29, 0.717) is 24.7 Å². The second-order valence-electron chi connectivity index (χ2n) is 6.53. The zero-order valence-electron chi connectivity index (χ0n) is 13.9. The number of benzene rings is 1. The SMILES string of the molecule is CCOC(=O)N1CCC(NC(=O)C2(c3cccc(Cl)c3)CC2)CC1. The first kappa shape index (κ1) is 17.1. The van der Waals surface area contributed by atoms with E-state index in [9.17, 15) is 9.59 Å². The molecule has 130 valence electrons. The molecule has 5 nitrogen and oxygen atoms in total. The molecule has 0 radical (unpaired) electrons. The van der Waals surface area contributed by atoms with Crippen molar-refractivity contribution in [1.82, 2.24) is 10.2 Å². The summed E-state index contributed by atoms with van der Waals surface area (Å²) in [7, 11) is 0. The number of ether oxygens (including phenoxy) is 1. The Kier molecular flexibility index (Phi) is 4.99. The fourth-order valence-electron chi connectivity index (χ4n) is 3.30. The van der Waals surface area contributed by atoms with Crippen LogP contribution in [-0.2, 0) is 14.9 Å². The lowest BCUT2D eigenvalue weighted by Crippen LogP contribution is -2.49. The molecule has 1 saturated carbocycles. The summed E-state index contributed by atoms with van der Waals surface area (Å²) in [4.78, 5) is 26.2. The quantitative estimate of drug-likeness (QED) is 0.907. The zero-order valence-corrected chi connectivity index (χ0v) is 14.6. The molecule has 1 saturated heterocycles. The number of piperidine rings is 1. The largest absolute Gasteiger partial charge is 0.450 e. The van der Waals surface area contributed by atoms with Crippen LogP contribution in [0.1, 0.15) is 38.2 Å². The summed E-state index contributed by atoms with van der Waals surface area (Å²) in [5.74, 6) is 0.0827. The molecule has 3 rings (SSSR count). The monoisotopic (exact) mass is 350 g/mol. The van der Waals surface area contributed by atoms with Crippen molar-refractivity contribution in [2.75, 3.05) is 19.7 Å². The van der Waals surface area contributed by atoms with Crippen LogP contribution in [-0.4, -0.2) is 42.6 Å². The summed E-state index contributed by atoms with van der Waals surface area (Å²) in [6.07, 6.45) is 2.98. The zero-order chi connectivity index (χ0) is 17.2. The molecule has 0 atom stereocenters. The molecular weight excluding hydrogens is 328 g/mol. The Morgan fingerprint density at radius 2 is 2.04 bits per heavy atom. The maximum atomic E-state index is 12.8. The number of rotatable bonds is 4. The van der Waals surface area contributed by atoms with Crippen LogP contribution in [0.2, 0.25) is 5.02 Å². The van der Waals surface area contributed by atoms with Crippen LogP contribution in [0.5, 0.6) is 0 Å². The number of carbonyl (C=O) groups is 2. The van der Waals surface area contributed by atoms with Gasteiger partial charge < -0.3 is 15.0 Å². The normalized spacial score (nSPS) is 19.7. The molecule has 0 bridgehead atoms. The highest BCUT2D eigenvalue weighted by molar-refractivity contribution is 6.30. The number of carbonyl (C=O) groups excluding carboxylic acids is 2. The molecule has 1 aliphatic carbocycles. The van der Waals surface area contributed by atoms with E-state index in [1.165, 1.54) is 0 Å². The molecular formula is C18H23ClN2O3. The van der Waals surface area contributed by atoms with Crippen LogP contribution < -0.4 is 5.32 Å². The molecule has 1 heterocycles. The lowest BCUT2D eigenvalue weighted by molar-refractivity contribution is -0.124. The molecule has 24 heavy (non-hydrogen) atoms. The van der Waals surface area contributed by atoms with E-state index in [1.807, 2.05) is 24.3 Å². The number of likely N-dealkylation sites (tertiary alicyclic amines) is 1. The van der Waals surface area contributed by atoms with Gasteiger partial charge >= 0.3 is 6.09 Å². The van der Waals surface area contributed by atoms with Crippen LogP contribution >= 0.6 is 11.6 Å². The van der Waals surface area contributed by atoms with Gasteiger partial charge in [-0.15, -0.1) is 0 Å². The van der Waals surface area contributed by atoms with Crippen molar-refractivity contribution in [2.45, 2.75) is 44.1 Å². The minimum absolute atomic E-state index is 0.0827. The highest BCUT2D eigenvalue weighted by Gasteiger charge is 2.51. The lowest BCUT2D eigenvalue weighted by atomic mass is 9.94. The highest BCUT2D eigenvalue weighted by atomic mass is 35.5. The van der Waals surface area contributed by atoms with Crippen molar-refractivity contribution in [1.29, 1.82) is 0 Å². The molecule has 1 aromatic carbocycles. The Balaban J connectivity index is 1.56. The van der Waals surface area contributed by atoms with E-state index in [-0.39, 0.29) is 18.0 Å². The summed E-state index contributed by atoms with van der Waals surface area (Å²) in [6, 6.07) is 7.69. The molecule has 1 aromatic rings. The summed E-state index contributed by atoms with van der Waals surface area (Å²) in [6.45, 7) is 3.43. The van der Waals surface area contributed by atoms with Crippen LogP contribution in [0.15, 0.2) is 24.3 Å². The Morgan fingerprint density at radius 3 is 2.62 bits per heavy atom. The third-order valence-corrected chi connectivity index (χ3v) is 5.15. The molecule has 1 N–H and O–H groups in total. The summed E-state index contributed by atoms with van der Waals surface area (Å²) in [5.41, 5.74) is 0.583. The Bertz CT molecular complexity index is 622. The first-order chi connectivity index (χ1) is 11.5. The highest BCUT2D eigenvalue weighted by Crippen LogP contribution is 2.49. The van der Waals surface area contributed by atoms with Crippen molar-refractivity contribution in [3.63, 3.8) is 0 Å². The van der Waals surface area contributed by atoms with Gasteiger partial charge in [-0.3, -0.25) is 4.79 Å². The second kappa shape index (κ2) is 7.01. The van der Waals surface area contributed by atoms with Crippen molar-refractivity contribution in [2.24, 2.45) is 0 Å². The molecule has 0 aromatic heterocycles. The first-order valence-corrected chi connectivity index (χ1v) is 8.91. The minimum Gasteiger partial charge on any atom is -0.450 e. The molecule has 2 amide bonds. The van der Waals surface area contributed by atoms with E-state index in [1.54, 1.807) is 11.8 Å². The summed E-state index contributed by atoms with van der Waals surface area (Å²) >= 11 is 6.07. The van der Waals surface area contributed by atoms with Crippen molar-refractivity contribution in [3.8, 4) is 0 Å². The fraction of sp³-hybridized carbons (Fsp3) is 0.556. The number of nitrogens with one attached hydrogen (secondary N) is 1. The number of halogens is 1. The average Bonchev–Trinajstić information content (AvgIpc) is 3.38. The van der Waals surface area contributed by atoms with Gasteiger partial charge in [-0.05, 0) is 50.3 Å². The predicted octanol–water partition coefficient (Wildman–Crippen LogP) is 3.11. The Hall–Kier alpha value is -1.75. The summed E-state index contributed by atoms with van der Waals surface area (Å²) < 4.78 is 5.02.